The number of anilines is 2. The number of benzene rings is 1. The first-order chi connectivity index (χ1) is 12.9. The maximum Gasteiger partial charge on any atom is 0.433 e. The van der Waals surface area contributed by atoms with E-state index >= 15 is 0 Å². The Labute approximate surface area is 151 Å². The number of hydrogen-bond acceptors (Lipinski definition) is 5. The van der Waals surface area contributed by atoms with E-state index in [1.165, 1.54) is 6.07 Å². The number of imidazole rings is 1. The molecule has 0 radical (unpaired) electrons. The zero-order valence-electron chi connectivity index (χ0n) is 14.1. The summed E-state index contributed by atoms with van der Waals surface area (Å²) >= 11 is 0. The molecule has 136 valence electrons. The van der Waals surface area contributed by atoms with Crippen LogP contribution < -0.4 is 5.32 Å². The number of halogens is 3. The number of rotatable bonds is 3. The standard InChI is InChI=1S/C18H13F3N6/c1-11-24-13-4-2-3-5-14(13)27(11)16-8-9-22-17(26-16)25-12-6-7-15(23-10-12)18(19,20)21/h2-10H,1H3,(H,22,25,26). The van der Waals surface area contributed by atoms with E-state index in [0.29, 0.717) is 11.5 Å². The Hall–Kier alpha value is -3.49. The maximum atomic E-state index is 12.6. The molecule has 4 rings (SSSR count). The first kappa shape index (κ1) is 17.0. The summed E-state index contributed by atoms with van der Waals surface area (Å²) in [5.41, 5.74) is 1.14. The van der Waals surface area contributed by atoms with Gasteiger partial charge in [-0.05, 0) is 37.3 Å². The van der Waals surface area contributed by atoms with Gasteiger partial charge in [-0.1, -0.05) is 12.1 Å². The van der Waals surface area contributed by atoms with Gasteiger partial charge in [0.05, 0.1) is 22.9 Å². The molecule has 3 aromatic heterocycles. The minimum atomic E-state index is -4.48. The molecule has 0 spiro atoms. The summed E-state index contributed by atoms with van der Waals surface area (Å²) in [5.74, 6) is 1.60. The fourth-order valence-electron chi connectivity index (χ4n) is 2.73. The van der Waals surface area contributed by atoms with Gasteiger partial charge >= 0.3 is 6.18 Å². The van der Waals surface area contributed by atoms with Crippen LogP contribution in [0.3, 0.4) is 0 Å². The van der Waals surface area contributed by atoms with Crippen molar-refractivity contribution >= 4 is 22.7 Å². The molecule has 0 unspecified atom stereocenters. The third kappa shape index (κ3) is 3.31. The number of nitrogens with zero attached hydrogens (tertiary/aromatic N) is 5. The van der Waals surface area contributed by atoms with Crippen LogP contribution in [0.5, 0.6) is 0 Å². The molecule has 0 saturated heterocycles. The summed E-state index contributed by atoms with van der Waals surface area (Å²) in [5, 5.41) is 2.87. The fourth-order valence-corrected chi connectivity index (χ4v) is 2.73. The molecule has 0 atom stereocenters. The Balaban J connectivity index is 1.66. The van der Waals surface area contributed by atoms with Crippen LogP contribution in [0.4, 0.5) is 24.8 Å². The molecule has 4 aromatic rings. The van der Waals surface area contributed by atoms with Crippen molar-refractivity contribution in [2.75, 3.05) is 5.32 Å². The van der Waals surface area contributed by atoms with E-state index in [0.717, 1.165) is 29.1 Å². The monoisotopic (exact) mass is 370 g/mol. The lowest BCUT2D eigenvalue weighted by molar-refractivity contribution is -0.141. The van der Waals surface area contributed by atoms with Crippen LogP contribution in [-0.2, 0) is 6.18 Å². The highest BCUT2D eigenvalue weighted by Gasteiger charge is 2.32. The van der Waals surface area contributed by atoms with Crippen LogP contribution in [0.1, 0.15) is 11.5 Å². The molecule has 6 nitrogen and oxygen atoms in total. The van der Waals surface area contributed by atoms with Crippen LogP contribution in [0, 0.1) is 6.92 Å². The zero-order chi connectivity index (χ0) is 19.0. The molecule has 0 fully saturated rings. The Bertz CT molecular complexity index is 1100. The van der Waals surface area contributed by atoms with Crippen molar-refractivity contribution in [3.05, 3.63) is 66.4 Å². The second kappa shape index (κ2) is 6.35. The lowest BCUT2D eigenvalue weighted by Gasteiger charge is -2.10. The minimum absolute atomic E-state index is 0.242. The van der Waals surface area contributed by atoms with Crippen LogP contribution in [0.25, 0.3) is 16.9 Å². The van der Waals surface area contributed by atoms with Crippen LogP contribution >= 0.6 is 0 Å². The summed E-state index contributed by atoms with van der Waals surface area (Å²) in [6.45, 7) is 1.87. The van der Waals surface area contributed by atoms with Crippen LogP contribution in [-0.4, -0.2) is 24.5 Å². The Morgan fingerprint density at radius 3 is 2.52 bits per heavy atom. The quantitative estimate of drug-likeness (QED) is 0.583. The van der Waals surface area contributed by atoms with Gasteiger partial charge in [-0.15, -0.1) is 0 Å². The van der Waals surface area contributed by atoms with E-state index in [2.05, 4.69) is 25.3 Å². The molecule has 1 N–H and O–H groups in total. The van der Waals surface area contributed by atoms with Crippen molar-refractivity contribution in [1.82, 2.24) is 24.5 Å². The Morgan fingerprint density at radius 2 is 1.78 bits per heavy atom. The maximum absolute atomic E-state index is 12.6. The highest BCUT2D eigenvalue weighted by Crippen LogP contribution is 2.28. The van der Waals surface area contributed by atoms with Crippen molar-refractivity contribution in [3.63, 3.8) is 0 Å². The van der Waals surface area contributed by atoms with E-state index in [4.69, 9.17) is 0 Å². The van der Waals surface area contributed by atoms with E-state index in [-0.39, 0.29) is 5.95 Å². The van der Waals surface area contributed by atoms with E-state index in [1.54, 1.807) is 12.3 Å². The molecule has 0 aliphatic heterocycles. The molecule has 0 bridgehead atoms. The molecule has 1 aromatic carbocycles. The molecule has 27 heavy (non-hydrogen) atoms. The average Bonchev–Trinajstić information content (AvgIpc) is 2.97. The fraction of sp³-hybridized carbons (Fsp3) is 0.111. The third-order valence-corrected chi connectivity index (χ3v) is 3.91. The highest BCUT2D eigenvalue weighted by atomic mass is 19.4. The molecular formula is C18H13F3N6. The molecule has 0 saturated carbocycles. The van der Waals surface area contributed by atoms with Gasteiger partial charge in [0, 0.05) is 6.20 Å². The van der Waals surface area contributed by atoms with Crippen LogP contribution in [0.2, 0.25) is 0 Å². The largest absolute Gasteiger partial charge is 0.433 e. The summed E-state index contributed by atoms with van der Waals surface area (Å²) < 4.78 is 39.7. The van der Waals surface area contributed by atoms with Crippen molar-refractivity contribution in [1.29, 1.82) is 0 Å². The summed E-state index contributed by atoms with van der Waals surface area (Å²) in [4.78, 5) is 16.5. The van der Waals surface area contributed by atoms with E-state index in [1.807, 2.05) is 35.8 Å². The number of fused-ring (bicyclic) bond motifs is 1. The van der Waals surface area contributed by atoms with Gasteiger partial charge in [0.15, 0.2) is 0 Å². The molecule has 9 heteroatoms. The summed E-state index contributed by atoms with van der Waals surface area (Å²) in [6, 6.07) is 11.6. The molecule has 0 amide bonds. The van der Waals surface area contributed by atoms with Gasteiger partial charge in [-0.25, -0.2) is 15.0 Å². The molecule has 0 aliphatic rings. The van der Waals surface area contributed by atoms with Crippen molar-refractivity contribution in [2.24, 2.45) is 0 Å². The Morgan fingerprint density at radius 1 is 0.963 bits per heavy atom. The lowest BCUT2D eigenvalue weighted by atomic mass is 10.3. The summed E-state index contributed by atoms with van der Waals surface area (Å²) in [7, 11) is 0. The third-order valence-electron chi connectivity index (χ3n) is 3.91. The predicted molar refractivity (Wildman–Crippen MR) is 93.9 cm³/mol. The number of aromatic nitrogens is 5. The minimum Gasteiger partial charge on any atom is -0.323 e. The first-order valence-corrected chi connectivity index (χ1v) is 7.99. The number of alkyl halides is 3. The number of hydrogen-bond donors (Lipinski definition) is 1. The topological polar surface area (TPSA) is 68.5 Å². The number of aryl methyl sites for hydroxylation is 1. The second-order valence-corrected chi connectivity index (χ2v) is 5.78. The molecule has 3 heterocycles. The van der Waals surface area contributed by atoms with Gasteiger partial charge in [0.2, 0.25) is 5.95 Å². The van der Waals surface area contributed by atoms with Gasteiger partial charge in [0.1, 0.15) is 17.3 Å². The number of para-hydroxylation sites is 2. The van der Waals surface area contributed by atoms with Gasteiger partial charge in [-0.3, -0.25) is 4.57 Å². The van der Waals surface area contributed by atoms with Crippen molar-refractivity contribution in [2.45, 2.75) is 13.1 Å². The second-order valence-electron chi connectivity index (χ2n) is 5.78. The lowest BCUT2D eigenvalue weighted by Crippen LogP contribution is -2.08. The zero-order valence-corrected chi connectivity index (χ0v) is 14.1. The van der Waals surface area contributed by atoms with E-state index < -0.39 is 11.9 Å². The molecular weight excluding hydrogens is 357 g/mol. The molecule has 0 aliphatic carbocycles. The SMILES string of the molecule is Cc1nc2ccccc2n1-c1ccnc(Nc2ccc(C(F)(F)F)nc2)n1. The van der Waals surface area contributed by atoms with Gasteiger partial charge in [0.25, 0.3) is 0 Å². The number of nitrogens with one attached hydrogen (secondary N) is 1. The van der Waals surface area contributed by atoms with E-state index in [9.17, 15) is 13.2 Å². The summed E-state index contributed by atoms with van der Waals surface area (Å²) in [6.07, 6.45) is -1.82. The smallest absolute Gasteiger partial charge is 0.323 e. The normalized spacial score (nSPS) is 11.7. The van der Waals surface area contributed by atoms with Gasteiger partial charge in [-0.2, -0.15) is 18.2 Å². The first-order valence-electron chi connectivity index (χ1n) is 7.99. The Kier molecular flexibility index (Phi) is 3.98. The average molecular weight is 370 g/mol. The predicted octanol–water partition coefficient (Wildman–Crippen LogP) is 4.28. The number of pyridine rings is 1. The van der Waals surface area contributed by atoms with Gasteiger partial charge < -0.3 is 5.32 Å². The van der Waals surface area contributed by atoms with Crippen molar-refractivity contribution in [3.8, 4) is 5.82 Å². The van der Waals surface area contributed by atoms with Crippen molar-refractivity contribution < 1.29 is 13.2 Å². The highest BCUT2D eigenvalue weighted by molar-refractivity contribution is 5.77. The van der Waals surface area contributed by atoms with Crippen LogP contribution in [0.15, 0.2) is 54.9 Å².